The van der Waals surface area contributed by atoms with Gasteiger partial charge in [-0.1, -0.05) is 12.1 Å². The molecule has 3 N–H and O–H groups in total. The Bertz CT molecular complexity index is 1140. The Morgan fingerprint density at radius 2 is 2.07 bits per heavy atom. The van der Waals surface area contributed by atoms with E-state index in [1.807, 2.05) is 13.0 Å². The van der Waals surface area contributed by atoms with E-state index >= 15 is 0 Å². The molecule has 8 nitrogen and oxygen atoms in total. The average molecular weight is 381 g/mol. The summed E-state index contributed by atoms with van der Waals surface area (Å²) in [6.45, 7) is 1.90. The number of aromatic nitrogens is 3. The SMILES string of the molecule is Cc1cccc(-n2c(O)c(/C=N/NC(=O)c3ccncc3)c(=O)[nH]c2=S)c1. The van der Waals surface area contributed by atoms with Crippen molar-refractivity contribution >= 4 is 24.3 Å². The van der Waals surface area contributed by atoms with Crippen molar-refractivity contribution in [3.8, 4) is 11.6 Å². The summed E-state index contributed by atoms with van der Waals surface area (Å²) in [5.74, 6) is -0.854. The number of hydrazone groups is 1. The number of nitrogens with zero attached hydrogens (tertiary/aromatic N) is 3. The Labute approximate surface area is 158 Å². The van der Waals surface area contributed by atoms with Crippen molar-refractivity contribution in [2.24, 2.45) is 5.10 Å². The first-order valence-corrected chi connectivity index (χ1v) is 8.27. The summed E-state index contributed by atoms with van der Waals surface area (Å²) in [7, 11) is 0. The number of hydrogen-bond donors (Lipinski definition) is 3. The van der Waals surface area contributed by atoms with Crippen molar-refractivity contribution < 1.29 is 9.90 Å². The first-order valence-electron chi connectivity index (χ1n) is 7.86. The van der Waals surface area contributed by atoms with Crippen LogP contribution in [0.2, 0.25) is 0 Å². The molecule has 1 amide bonds. The molecule has 0 spiro atoms. The molecule has 9 heteroatoms. The summed E-state index contributed by atoms with van der Waals surface area (Å²) >= 11 is 5.16. The molecule has 0 saturated carbocycles. The van der Waals surface area contributed by atoms with E-state index in [1.165, 1.54) is 29.1 Å². The zero-order valence-electron chi connectivity index (χ0n) is 14.2. The Morgan fingerprint density at radius 1 is 1.33 bits per heavy atom. The summed E-state index contributed by atoms with van der Waals surface area (Å²) in [4.78, 5) is 30.4. The maximum atomic E-state index is 12.1. The summed E-state index contributed by atoms with van der Waals surface area (Å²) in [5.41, 5.74) is 3.43. The van der Waals surface area contributed by atoms with Crippen LogP contribution in [0.3, 0.4) is 0 Å². The minimum atomic E-state index is -0.622. The number of H-pyrrole nitrogens is 1. The Kier molecular flexibility index (Phi) is 5.23. The van der Waals surface area contributed by atoms with E-state index < -0.39 is 11.5 Å². The van der Waals surface area contributed by atoms with Crippen LogP contribution in [0.5, 0.6) is 5.88 Å². The fraction of sp³-hybridized carbons (Fsp3) is 0.0556. The number of hydrogen-bond acceptors (Lipinski definition) is 6. The van der Waals surface area contributed by atoms with E-state index in [1.54, 1.807) is 18.2 Å². The zero-order chi connectivity index (χ0) is 19.4. The van der Waals surface area contributed by atoms with Crippen LogP contribution in [0.25, 0.3) is 5.69 Å². The van der Waals surface area contributed by atoms with E-state index in [4.69, 9.17) is 12.2 Å². The van der Waals surface area contributed by atoms with Gasteiger partial charge in [0.05, 0.1) is 11.9 Å². The van der Waals surface area contributed by atoms with Gasteiger partial charge in [0.15, 0.2) is 4.77 Å². The summed E-state index contributed by atoms with van der Waals surface area (Å²) in [6, 6.07) is 10.3. The fourth-order valence-corrected chi connectivity index (χ4v) is 2.67. The second-order valence-corrected chi connectivity index (χ2v) is 5.99. The van der Waals surface area contributed by atoms with Gasteiger partial charge in [-0.2, -0.15) is 5.10 Å². The van der Waals surface area contributed by atoms with Crippen LogP contribution in [0, 0.1) is 11.7 Å². The average Bonchev–Trinajstić information content (AvgIpc) is 2.65. The molecule has 0 fully saturated rings. The first kappa shape index (κ1) is 18.2. The molecule has 0 atom stereocenters. The molecule has 0 saturated heterocycles. The number of aryl methyl sites for hydroxylation is 1. The lowest BCUT2D eigenvalue weighted by Crippen LogP contribution is -2.21. The number of benzene rings is 1. The molecule has 1 aromatic carbocycles. The van der Waals surface area contributed by atoms with E-state index in [0.29, 0.717) is 11.3 Å². The lowest BCUT2D eigenvalue weighted by atomic mass is 10.2. The van der Waals surface area contributed by atoms with Crippen molar-refractivity contribution in [1.29, 1.82) is 0 Å². The molecular weight excluding hydrogens is 366 g/mol. The maximum absolute atomic E-state index is 12.1. The maximum Gasteiger partial charge on any atom is 0.271 e. The van der Waals surface area contributed by atoms with Crippen molar-refractivity contribution in [2.75, 3.05) is 0 Å². The van der Waals surface area contributed by atoms with Crippen molar-refractivity contribution in [3.05, 3.63) is 80.6 Å². The van der Waals surface area contributed by atoms with Gasteiger partial charge < -0.3 is 5.11 Å². The minimum Gasteiger partial charge on any atom is -0.494 e. The highest BCUT2D eigenvalue weighted by Gasteiger charge is 2.13. The van der Waals surface area contributed by atoms with Gasteiger partial charge in [0.1, 0.15) is 5.56 Å². The van der Waals surface area contributed by atoms with Gasteiger partial charge in [0, 0.05) is 18.0 Å². The monoisotopic (exact) mass is 381 g/mol. The predicted molar refractivity (Wildman–Crippen MR) is 103 cm³/mol. The van der Waals surface area contributed by atoms with Gasteiger partial charge in [-0.25, -0.2) is 5.43 Å². The molecule has 3 rings (SSSR count). The van der Waals surface area contributed by atoms with Crippen LogP contribution in [0.4, 0.5) is 0 Å². The van der Waals surface area contributed by atoms with E-state index in [2.05, 4.69) is 20.5 Å². The zero-order valence-corrected chi connectivity index (χ0v) is 15.0. The third-order valence-corrected chi connectivity index (χ3v) is 3.97. The van der Waals surface area contributed by atoms with Crippen LogP contribution in [-0.4, -0.2) is 31.8 Å². The Hall–Kier alpha value is -3.59. The number of rotatable bonds is 4. The van der Waals surface area contributed by atoms with Crippen LogP contribution in [-0.2, 0) is 0 Å². The molecular formula is C18H15N5O3S. The van der Waals surface area contributed by atoms with Gasteiger partial charge in [0.2, 0.25) is 5.88 Å². The van der Waals surface area contributed by atoms with E-state index in [0.717, 1.165) is 11.8 Å². The third kappa shape index (κ3) is 3.98. The molecule has 0 aliphatic carbocycles. The van der Waals surface area contributed by atoms with Gasteiger partial charge >= 0.3 is 0 Å². The normalized spacial score (nSPS) is 10.9. The van der Waals surface area contributed by atoms with Gasteiger partial charge in [-0.15, -0.1) is 0 Å². The highest BCUT2D eigenvalue weighted by atomic mass is 32.1. The van der Waals surface area contributed by atoms with Gasteiger partial charge in [-0.3, -0.25) is 24.1 Å². The lowest BCUT2D eigenvalue weighted by molar-refractivity contribution is 0.0955. The topological polar surface area (TPSA) is 112 Å². The molecule has 136 valence electrons. The molecule has 0 unspecified atom stereocenters. The Balaban J connectivity index is 1.94. The first-order chi connectivity index (χ1) is 13.0. The molecule has 2 heterocycles. The highest BCUT2D eigenvalue weighted by Crippen LogP contribution is 2.19. The van der Waals surface area contributed by atoms with Crippen LogP contribution in [0.1, 0.15) is 21.5 Å². The summed E-state index contributed by atoms with van der Waals surface area (Å²) in [6.07, 6.45) is 4.01. The van der Waals surface area contributed by atoms with Crippen LogP contribution in [0.15, 0.2) is 58.7 Å². The second kappa shape index (κ2) is 7.75. The highest BCUT2D eigenvalue weighted by molar-refractivity contribution is 7.71. The lowest BCUT2D eigenvalue weighted by Gasteiger charge is -2.11. The number of carbonyl (C=O) groups excluding carboxylic acids is 1. The number of carbonyl (C=O) groups is 1. The molecule has 0 radical (unpaired) electrons. The second-order valence-electron chi connectivity index (χ2n) is 5.61. The fourth-order valence-electron chi connectivity index (χ4n) is 2.38. The number of aromatic hydroxyl groups is 1. The molecule has 2 aromatic heterocycles. The largest absolute Gasteiger partial charge is 0.494 e. The Morgan fingerprint density at radius 3 is 2.78 bits per heavy atom. The van der Waals surface area contributed by atoms with E-state index in [9.17, 15) is 14.7 Å². The van der Waals surface area contributed by atoms with Gasteiger partial charge in [-0.05, 0) is 49.0 Å². The molecule has 0 aliphatic rings. The minimum absolute atomic E-state index is 0.0427. The van der Waals surface area contributed by atoms with Gasteiger partial charge in [0.25, 0.3) is 11.5 Å². The summed E-state index contributed by atoms with van der Waals surface area (Å²) < 4.78 is 1.36. The molecule has 0 aliphatic heterocycles. The standard InChI is InChI=1S/C18H15N5O3S/c1-11-3-2-4-13(9-11)23-17(26)14(16(25)21-18(23)27)10-20-22-15(24)12-5-7-19-8-6-12/h2-10,26H,1H3,(H,22,24)(H,21,25,27)/b20-10+. The number of amides is 1. The predicted octanol–water partition coefficient (Wildman–Crippen LogP) is 2.07. The molecule has 27 heavy (non-hydrogen) atoms. The van der Waals surface area contributed by atoms with Crippen LogP contribution < -0.4 is 11.0 Å². The third-order valence-electron chi connectivity index (χ3n) is 3.68. The van der Waals surface area contributed by atoms with E-state index in [-0.39, 0.29) is 16.2 Å². The smallest absolute Gasteiger partial charge is 0.271 e. The quantitative estimate of drug-likeness (QED) is 0.364. The summed E-state index contributed by atoms with van der Waals surface area (Å²) in [5, 5.41) is 14.3. The number of pyridine rings is 1. The van der Waals surface area contributed by atoms with Crippen LogP contribution >= 0.6 is 12.2 Å². The number of aromatic amines is 1. The number of nitrogens with one attached hydrogen (secondary N) is 2. The van der Waals surface area contributed by atoms with Crippen molar-refractivity contribution in [2.45, 2.75) is 6.92 Å². The molecule has 0 bridgehead atoms. The molecule has 3 aromatic rings. The van der Waals surface area contributed by atoms with Crippen molar-refractivity contribution in [3.63, 3.8) is 0 Å². The van der Waals surface area contributed by atoms with Crippen molar-refractivity contribution in [1.82, 2.24) is 20.0 Å².